The van der Waals surface area contributed by atoms with E-state index < -0.39 is 12.0 Å². The van der Waals surface area contributed by atoms with E-state index in [1.165, 1.54) is 23.5 Å². The second-order valence-corrected chi connectivity index (χ2v) is 8.67. The summed E-state index contributed by atoms with van der Waals surface area (Å²) in [7, 11) is 1.66. The van der Waals surface area contributed by atoms with Crippen molar-refractivity contribution in [3.8, 4) is 16.2 Å². The Labute approximate surface area is 202 Å². The highest BCUT2D eigenvalue weighted by Crippen LogP contribution is 2.36. The summed E-state index contributed by atoms with van der Waals surface area (Å²) in [6.45, 7) is 3.59. The van der Waals surface area contributed by atoms with Gasteiger partial charge in [0.15, 0.2) is 0 Å². The van der Waals surface area contributed by atoms with E-state index in [1.807, 2.05) is 30.3 Å². The number of likely N-dealkylation sites (N-methyl/N-ethyl adjacent to an activating group) is 1. The first-order valence-electron chi connectivity index (χ1n) is 10.7. The van der Waals surface area contributed by atoms with E-state index >= 15 is 0 Å². The van der Waals surface area contributed by atoms with E-state index in [0.717, 1.165) is 10.4 Å². The Hall–Kier alpha value is -3.69. The SMILES string of the molecule is CCOC(=O)c1cc(-c2ccccc2)sc1NC(=O)C(C)N(C)CC(=O)Nc1ccc(O)cc1. The first kappa shape index (κ1) is 24.9. The van der Waals surface area contributed by atoms with Gasteiger partial charge >= 0.3 is 5.97 Å². The second-order valence-electron chi connectivity index (χ2n) is 7.62. The Bertz CT molecular complexity index is 1150. The molecule has 0 aliphatic carbocycles. The molecule has 1 aromatic heterocycles. The summed E-state index contributed by atoms with van der Waals surface area (Å²) in [5.74, 6) is -1.06. The third kappa shape index (κ3) is 6.43. The molecule has 1 unspecified atom stereocenters. The summed E-state index contributed by atoms with van der Waals surface area (Å²) < 4.78 is 5.16. The van der Waals surface area contributed by atoms with Crippen molar-refractivity contribution in [1.82, 2.24) is 4.90 Å². The molecule has 8 nitrogen and oxygen atoms in total. The van der Waals surface area contributed by atoms with E-state index in [2.05, 4.69) is 10.6 Å². The van der Waals surface area contributed by atoms with Crippen molar-refractivity contribution in [2.24, 2.45) is 0 Å². The monoisotopic (exact) mass is 481 g/mol. The molecule has 34 heavy (non-hydrogen) atoms. The molecule has 0 radical (unpaired) electrons. The van der Waals surface area contributed by atoms with Crippen molar-refractivity contribution in [2.75, 3.05) is 30.8 Å². The number of phenols is 1. The van der Waals surface area contributed by atoms with Gasteiger partial charge in [-0.3, -0.25) is 14.5 Å². The van der Waals surface area contributed by atoms with Gasteiger partial charge in [0.05, 0.1) is 24.8 Å². The molecule has 3 aromatic rings. The summed E-state index contributed by atoms with van der Waals surface area (Å²) in [4.78, 5) is 40.2. The lowest BCUT2D eigenvalue weighted by atomic mass is 10.1. The maximum absolute atomic E-state index is 13.0. The van der Waals surface area contributed by atoms with Crippen LogP contribution in [0.2, 0.25) is 0 Å². The van der Waals surface area contributed by atoms with Crippen LogP contribution in [0.4, 0.5) is 10.7 Å². The largest absolute Gasteiger partial charge is 0.508 e. The van der Waals surface area contributed by atoms with Crippen LogP contribution < -0.4 is 10.6 Å². The van der Waals surface area contributed by atoms with Crippen LogP contribution in [0.1, 0.15) is 24.2 Å². The zero-order valence-electron chi connectivity index (χ0n) is 19.2. The molecule has 0 saturated heterocycles. The molecule has 178 valence electrons. The number of anilines is 2. The molecule has 0 saturated carbocycles. The Morgan fingerprint density at radius 3 is 2.38 bits per heavy atom. The Kier molecular flexibility index (Phi) is 8.39. The van der Waals surface area contributed by atoms with Crippen LogP contribution in [0, 0.1) is 0 Å². The van der Waals surface area contributed by atoms with Crippen molar-refractivity contribution < 1.29 is 24.2 Å². The Morgan fingerprint density at radius 1 is 1.06 bits per heavy atom. The fraction of sp³-hybridized carbons (Fsp3) is 0.240. The van der Waals surface area contributed by atoms with E-state index in [1.54, 1.807) is 44.0 Å². The fourth-order valence-electron chi connectivity index (χ4n) is 3.11. The van der Waals surface area contributed by atoms with Crippen LogP contribution in [0.3, 0.4) is 0 Å². The standard InChI is InChI=1S/C25H27N3O5S/c1-4-33-25(32)20-14-21(17-8-6-5-7-9-17)34-24(20)27-23(31)16(2)28(3)15-22(30)26-18-10-12-19(29)13-11-18/h5-14,16,29H,4,15H2,1-3H3,(H,26,30)(H,27,31). The molecular formula is C25H27N3O5S. The highest BCUT2D eigenvalue weighted by molar-refractivity contribution is 7.20. The number of thiophene rings is 1. The van der Waals surface area contributed by atoms with Crippen LogP contribution in [0.25, 0.3) is 10.4 Å². The number of benzene rings is 2. The van der Waals surface area contributed by atoms with Gasteiger partial charge in [-0.1, -0.05) is 30.3 Å². The zero-order chi connectivity index (χ0) is 24.7. The number of carbonyl (C=O) groups excluding carboxylic acids is 3. The van der Waals surface area contributed by atoms with E-state index in [9.17, 15) is 19.5 Å². The van der Waals surface area contributed by atoms with Crippen LogP contribution in [0.15, 0.2) is 60.7 Å². The number of ether oxygens (including phenoxy) is 1. The zero-order valence-corrected chi connectivity index (χ0v) is 20.0. The number of amides is 2. The molecule has 9 heteroatoms. The number of rotatable bonds is 9. The first-order chi connectivity index (χ1) is 16.3. The lowest BCUT2D eigenvalue weighted by Gasteiger charge is -2.23. The van der Waals surface area contributed by atoms with Gasteiger partial charge in [-0.25, -0.2) is 4.79 Å². The topological polar surface area (TPSA) is 108 Å². The van der Waals surface area contributed by atoms with Crippen LogP contribution in [-0.4, -0.2) is 54.0 Å². The molecule has 2 amide bonds. The molecule has 0 spiro atoms. The number of nitrogens with zero attached hydrogens (tertiary/aromatic N) is 1. The lowest BCUT2D eigenvalue weighted by Crippen LogP contribution is -2.43. The quantitative estimate of drug-likeness (QED) is 0.312. The van der Waals surface area contributed by atoms with Crippen molar-refractivity contribution in [3.63, 3.8) is 0 Å². The summed E-state index contributed by atoms with van der Waals surface area (Å²) in [5.41, 5.74) is 1.76. The summed E-state index contributed by atoms with van der Waals surface area (Å²) >= 11 is 1.29. The van der Waals surface area contributed by atoms with Gasteiger partial charge in [-0.15, -0.1) is 11.3 Å². The minimum atomic E-state index is -0.650. The van der Waals surface area contributed by atoms with Gasteiger partial charge in [0, 0.05) is 10.6 Å². The van der Waals surface area contributed by atoms with Crippen molar-refractivity contribution in [2.45, 2.75) is 19.9 Å². The first-order valence-corrected chi connectivity index (χ1v) is 11.6. The van der Waals surface area contributed by atoms with Gasteiger partial charge in [0.2, 0.25) is 11.8 Å². The molecule has 1 heterocycles. The molecule has 3 rings (SSSR count). The number of hydrogen-bond acceptors (Lipinski definition) is 7. The maximum atomic E-state index is 13.0. The number of aromatic hydroxyl groups is 1. The van der Waals surface area contributed by atoms with Gasteiger partial charge in [-0.05, 0) is 56.8 Å². The second kappa shape index (κ2) is 11.4. The van der Waals surface area contributed by atoms with Crippen LogP contribution >= 0.6 is 11.3 Å². The van der Waals surface area contributed by atoms with Gasteiger partial charge in [-0.2, -0.15) is 0 Å². The molecule has 0 bridgehead atoms. The smallest absolute Gasteiger partial charge is 0.341 e. The molecule has 0 fully saturated rings. The van der Waals surface area contributed by atoms with E-state index in [-0.39, 0.29) is 30.7 Å². The Morgan fingerprint density at radius 2 is 1.74 bits per heavy atom. The summed E-state index contributed by atoms with van der Waals surface area (Å²) in [6.07, 6.45) is 0. The number of hydrogen-bond donors (Lipinski definition) is 3. The molecule has 2 aromatic carbocycles. The Balaban J connectivity index is 1.69. The average molecular weight is 482 g/mol. The normalized spacial score (nSPS) is 11.6. The predicted molar refractivity (Wildman–Crippen MR) is 133 cm³/mol. The highest BCUT2D eigenvalue weighted by Gasteiger charge is 2.24. The molecular weight excluding hydrogens is 454 g/mol. The summed E-state index contributed by atoms with van der Waals surface area (Å²) in [6, 6.07) is 16.7. The average Bonchev–Trinajstić information content (AvgIpc) is 3.24. The minimum absolute atomic E-state index is 0.0279. The number of nitrogens with one attached hydrogen (secondary N) is 2. The minimum Gasteiger partial charge on any atom is -0.508 e. The van der Waals surface area contributed by atoms with Gasteiger partial charge in [0.1, 0.15) is 10.8 Å². The van der Waals surface area contributed by atoms with Crippen molar-refractivity contribution >= 4 is 39.8 Å². The van der Waals surface area contributed by atoms with Crippen molar-refractivity contribution in [3.05, 3.63) is 66.2 Å². The fourth-order valence-corrected chi connectivity index (χ4v) is 4.17. The third-order valence-electron chi connectivity index (χ3n) is 5.11. The van der Waals surface area contributed by atoms with Gasteiger partial charge in [0.25, 0.3) is 0 Å². The maximum Gasteiger partial charge on any atom is 0.341 e. The highest BCUT2D eigenvalue weighted by atomic mass is 32.1. The third-order valence-corrected chi connectivity index (χ3v) is 6.21. The van der Waals surface area contributed by atoms with Crippen molar-refractivity contribution in [1.29, 1.82) is 0 Å². The van der Waals surface area contributed by atoms with Crippen LogP contribution in [0.5, 0.6) is 5.75 Å². The lowest BCUT2D eigenvalue weighted by molar-refractivity contribution is -0.122. The van der Waals surface area contributed by atoms with E-state index in [4.69, 9.17) is 4.74 Å². The number of esters is 1. The summed E-state index contributed by atoms with van der Waals surface area (Å²) in [5, 5.41) is 15.3. The van der Waals surface area contributed by atoms with Gasteiger partial charge < -0.3 is 20.5 Å². The molecule has 3 N–H and O–H groups in total. The number of phenolic OH excluding ortho intramolecular Hbond substituents is 1. The molecule has 0 aliphatic heterocycles. The molecule has 0 aliphatic rings. The number of carbonyl (C=O) groups is 3. The van der Waals surface area contributed by atoms with Crippen LogP contribution in [-0.2, 0) is 14.3 Å². The predicted octanol–water partition coefficient (Wildman–Crippen LogP) is 4.19. The molecule has 1 atom stereocenters. The van der Waals surface area contributed by atoms with E-state index in [0.29, 0.717) is 16.3 Å².